The van der Waals surface area contributed by atoms with Crippen molar-refractivity contribution < 1.29 is 9.90 Å². The highest BCUT2D eigenvalue weighted by Gasteiger charge is 2.18. The molecule has 2 aromatic rings. The average molecular weight is 290 g/mol. The number of aromatic hydroxyl groups is 1. The zero-order valence-corrected chi connectivity index (χ0v) is 12.4. The van der Waals surface area contributed by atoms with Gasteiger partial charge in [-0.3, -0.25) is 4.79 Å². The lowest BCUT2D eigenvalue weighted by molar-refractivity contribution is 0.0992. The van der Waals surface area contributed by atoms with Crippen molar-refractivity contribution in [1.82, 2.24) is 0 Å². The summed E-state index contributed by atoms with van der Waals surface area (Å²) < 4.78 is 0. The van der Waals surface area contributed by atoms with E-state index in [1.165, 1.54) is 23.1 Å². The first kappa shape index (κ1) is 14.4. The molecule has 2 aromatic carbocycles. The van der Waals surface area contributed by atoms with Crippen LogP contribution in [0.25, 0.3) is 0 Å². The molecule has 0 fully saturated rings. The van der Waals surface area contributed by atoms with Crippen LogP contribution in [0.2, 0.25) is 5.02 Å². The van der Waals surface area contributed by atoms with Crippen molar-refractivity contribution in [3.63, 3.8) is 0 Å². The second kappa shape index (κ2) is 5.55. The van der Waals surface area contributed by atoms with E-state index < -0.39 is 0 Å². The standard InChI is InChI=1S/C16H16ClNO2/c1-10-4-7-15(11(2)8-10)18(3)16(20)13-9-12(19)5-6-14(13)17/h4-9,19H,1-3H3. The largest absolute Gasteiger partial charge is 0.508 e. The number of phenolic OH excluding ortho intramolecular Hbond substituents is 1. The number of benzene rings is 2. The molecule has 3 nitrogen and oxygen atoms in total. The highest BCUT2D eigenvalue weighted by molar-refractivity contribution is 6.34. The van der Waals surface area contributed by atoms with Crippen molar-refractivity contribution in [3.05, 3.63) is 58.1 Å². The molecule has 20 heavy (non-hydrogen) atoms. The Balaban J connectivity index is 2.40. The molecule has 4 heteroatoms. The first-order valence-corrected chi connectivity index (χ1v) is 6.62. The molecule has 0 saturated heterocycles. The lowest BCUT2D eigenvalue weighted by Gasteiger charge is -2.20. The summed E-state index contributed by atoms with van der Waals surface area (Å²) >= 11 is 6.03. The van der Waals surface area contributed by atoms with E-state index >= 15 is 0 Å². The molecule has 0 aliphatic heterocycles. The van der Waals surface area contributed by atoms with Gasteiger partial charge < -0.3 is 10.0 Å². The number of hydrogen-bond acceptors (Lipinski definition) is 2. The van der Waals surface area contributed by atoms with Crippen LogP contribution < -0.4 is 4.90 Å². The van der Waals surface area contributed by atoms with Crippen molar-refractivity contribution in [2.75, 3.05) is 11.9 Å². The second-order valence-electron chi connectivity index (χ2n) is 4.82. The fraction of sp³-hybridized carbons (Fsp3) is 0.188. The third-order valence-corrected chi connectivity index (χ3v) is 3.53. The normalized spacial score (nSPS) is 10.4. The number of anilines is 1. The van der Waals surface area contributed by atoms with Gasteiger partial charge in [-0.15, -0.1) is 0 Å². The molecule has 104 valence electrons. The first-order chi connectivity index (χ1) is 9.40. The fourth-order valence-corrected chi connectivity index (χ4v) is 2.35. The maximum Gasteiger partial charge on any atom is 0.259 e. The lowest BCUT2D eigenvalue weighted by Crippen LogP contribution is -2.27. The molecule has 0 radical (unpaired) electrons. The smallest absolute Gasteiger partial charge is 0.259 e. The molecule has 0 aliphatic carbocycles. The zero-order valence-electron chi connectivity index (χ0n) is 11.6. The van der Waals surface area contributed by atoms with Crippen LogP contribution in [0.5, 0.6) is 5.75 Å². The first-order valence-electron chi connectivity index (χ1n) is 6.24. The Hall–Kier alpha value is -2.00. The zero-order chi connectivity index (χ0) is 14.9. The third kappa shape index (κ3) is 2.78. The van der Waals surface area contributed by atoms with Crippen molar-refractivity contribution >= 4 is 23.2 Å². The van der Waals surface area contributed by atoms with E-state index in [1.807, 2.05) is 32.0 Å². The van der Waals surface area contributed by atoms with Gasteiger partial charge in [0, 0.05) is 12.7 Å². The predicted molar refractivity (Wildman–Crippen MR) is 81.8 cm³/mol. The summed E-state index contributed by atoms with van der Waals surface area (Å²) in [7, 11) is 1.69. The van der Waals surface area contributed by atoms with Gasteiger partial charge in [-0.2, -0.15) is 0 Å². The Kier molecular flexibility index (Phi) is 4.00. The Morgan fingerprint density at radius 2 is 1.85 bits per heavy atom. The van der Waals surface area contributed by atoms with Crippen molar-refractivity contribution in [2.45, 2.75) is 13.8 Å². The van der Waals surface area contributed by atoms with Crippen LogP contribution in [-0.2, 0) is 0 Å². The van der Waals surface area contributed by atoms with Gasteiger partial charge in [-0.1, -0.05) is 29.3 Å². The molecule has 0 bridgehead atoms. The van der Waals surface area contributed by atoms with Gasteiger partial charge in [0.2, 0.25) is 0 Å². The number of halogens is 1. The number of rotatable bonds is 2. The maximum absolute atomic E-state index is 12.5. The number of phenols is 1. The monoisotopic (exact) mass is 289 g/mol. The molecular formula is C16H16ClNO2. The number of hydrogen-bond donors (Lipinski definition) is 1. The van der Waals surface area contributed by atoms with Gasteiger partial charge in [0.15, 0.2) is 0 Å². The van der Waals surface area contributed by atoms with E-state index in [2.05, 4.69) is 0 Å². The van der Waals surface area contributed by atoms with E-state index in [0.717, 1.165) is 16.8 Å². The van der Waals surface area contributed by atoms with Gasteiger partial charge in [0.25, 0.3) is 5.91 Å². The predicted octanol–water partition coefficient (Wildman–Crippen LogP) is 3.94. The Bertz CT molecular complexity index is 668. The summed E-state index contributed by atoms with van der Waals surface area (Å²) in [5, 5.41) is 9.82. The molecule has 0 heterocycles. The number of amides is 1. The van der Waals surface area contributed by atoms with Gasteiger partial charge in [-0.25, -0.2) is 0 Å². The molecule has 0 aliphatic rings. The minimum atomic E-state index is -0.252. The summed E-state index contributed by atoms with van der Waals surface area (Å²) in [5.74, 6) is -0.232. The second-order valence-corrected chi connectivity index (χ2v) is 5.23. The van der Waals surface area contributed by atoms with E-state index in [-0.39, 0.29) is 17.2 Å². The van der Waals surface area contributed by atoms with E-state index in [9.17, 15) is 9.90 Å². The van der Waals surface area contributed by atoms with Crippen LogP contribution in [-0.4, -0.2) is 18.1 Å². The highest BCUT2D eigenvalue weighted by Crippen LogP contribution is 2.26. The fourth-order valence-electron chi connectivity index (χ4n) is 2.15. The lowest BCUT2D eigenvalue weighted by atomic mass is 10.1. The van der Waals surface area contributed by atoms with Crippen molar-refractivity contribution in [3.8, 4) is 5.75 Å². The van der Waals surface area contributed by atoms with Crippen LogP contribution in [0.1, 0.15) is 21.5 Å². The minimum absolute atomic E-state index is 0.0202. The number of carbonyl (C=O) groups excluding carboxylic acids is 1. The summed E-state index contributed by atoms with van der Waals surface area (Å²) in [6.45, 7) is 3.96. The van der Waals surface area contributed by atoms with Crippen LogP contribution in [0.3, 0.4) is 0 Å². The molecule has 2 rings (SSSR count). The molecule has 0 atom stereocenters. The molecule has 0 aromatic heterocycles. The average Bonchev–Trinajstić information content (AvgIpc) is 2.40. The third-order valence-electron chi connectivity index (χ3n) is 3.20. The van der Waals surface area contributed by atoms with Gasteiger partial charge in [0.05, 0.1) is 10.6 Å². The highest BCUT2D eigenvalue weighted by atomic mass is 35.5. The quantitative estimate of drug-likeness (QED) is 0.910. The van der Waals surface area contributed by atoms with Crippen molar-refractivity contribution in [1.29, 1.82) is 0 Å². The Morgan fingerprint density at radius 1 is 1.15 bits per heavy atom. The van der Waals surface area contributed by atoms with Crippen LogP contribution in [0, 0.1) is 13.8 Å². The Labute approximate surface area is 123 Å². The van der Waals surface area contributed by atoms with Crippen LogP contribution in [0.4, 0.5) is 5.69 Å². The van der Waals surface area contributed by atoms with Crippen LogP contribution >= 0.6 is 11.6 Å². The maximum atomic E-state index is 12.5. The molecule has 0 saturated carbocycles. The summed E-state index contributed by atoms with van der Waals surface area (Å²) in [4.78, 5) is 14.0. The van der Waals surface area contributed by atoms with Crippen LogP contribution in [0.15, 0.2) is 36.4 Å². The van der Waals surface area contributed by atoms with Gasteiger partial charge in [0.1, 0.15) is 5.75 Å². The molecule has 0 unspecified atom stereocenters. The molecular weight excluding hydrogens is 274 g/mol. The Morgan fingerprint density at radius 3 is 2.50 bits per heavy atom. The van der Waals surface area contributed by atoms with E-state index in [1.54, 1.807) is 7.05 Å². The molecule has 1 N–H and O–H groups in total. The topological polar surface area (TPSA) is 40.5 Å². The molecule has 0 spiro atoms. The number of nitrogens with zero attached hydrogens (tertiary/aromatic N) is 1. The van der Waals surface area contributed by atoms with Gasteiger partial charge in [-0.05, 0) is 43.7 Å². The summed E-state index contributed by atoms with van der Waals surface area (Å²) in [6, 6.07) is 10.2. The summed E-state index contributed by atoms with van der Waals surface area (Å²) in [6.07, 6.45) is 0. The van der Waals surface area contributed by atoms with E-state index in [0.29, 0.717) is 5.02 Å². The van der Waals surface area contributed by atoms with E-state index in [4.69, 9.17) is 11.6 Å². The number of aryl methyl sites for hydroxylation is 2. The number of carbonyl (C=O) groups is 1. The summed E-state index contributed by atoms with van der Waals surface area (Å²) in [5.41, 5.74) is 3.26. The van der Waals surface area contributed by atoms with Gasteiger partial charge >= 0.3 is 0 Å². The minimum Gasteiger partial charge on any atom is -0.508 e. The SMILES string of the molecule is Cc1ccc(N(C)C(=O)c2cc(O)ccc2Cl)c(C)c1. The van der Waals surface area contributed by atoms with Crippen molar-refractivity contribution in [2.24, 2.45) is 0 Å². The molecule has 1 amide bonds.